The van der Waals surface area contributed by atoms with Crippen LogP contribution in [0.1, 0.15) is 24.0 Å². The Kier molecular flexibility index (Phi) is 4.54. The van der Waals surface area contributed by atoms with Crippen LogP contribution in [0.5, 0.6) is 0 Å². The van der Waals surface area contributed by atoms with Crippen LogP contribution >= 0.6 is 0 Å². The molecule has 0 bridgehead atoms. The Morgan fingerprint density at radius 1 is 1.47 bits per heavy atom. The lowest BCUT2D eigenvalue weighted by atomic mass is 10.1. The van der Waals surface area contributed by atoms with Gasteiger partial charge in [0.2, 0.25) is 0 Å². The number of hydrogen-bond donors (Lipinski definition) is 1. The van der Waals surface area contributed by atoms with E-state index in [0.29, 0.717) is 0 Å². The van der Waals surface area contributed by atoms with Gasteiger partial charge < -0.3 is 10.1 Å². The lowest BCUT2D eigenvalue weighted by Crippen LogP contribution is -2.18. The number of nitrogens with one attached hydrogen (secondary N) is 1. The molecule has 1 fully saturated rings. The van der Waals surface area contributed by atoms with Gasteiger partial charge in [-0.2, -0.15) is 5.26 Å². The van der Waals surface area contributed by atoms with Crippen molar-refractivity contribution in [3.8, 4) is 6.07 Å². The van der Waals surface area contributed by atoms with Crippen molar-refractivity contribution in [2.24, 2.45) is 5.92 Å². The lowest BCUT2D eigenvalue weighted by molar-refractivity contribution is 0.184. The average Bonchev–Trinajstić information content (AvgIpc) is 2.88. The summed E-state index contributed by atoms with van der Waals surface area (Å²) in [6.45, 7) is 3.70. The first kappa shape index (κ1) is 12.1. The first-order chi connectivity index (χ1) is 8.38. The molecule has 3 nitrogen and oxygen atoms in total. The monoisotopic (exact) mass is 230 g/mol. The molecule has 90 valence electrons. The van der Waals surface area contributed by atoms with E-state index in [4.69, 9.17) is 10.00 Å². The van der Waals surface area contributed by atoms with Gasteiger partial charge in [0.15, 0.2) is 0 Å². The summed E-state index contributed by atoms with van der Waals surface area (Å²) >= 11 is 0. The molecule has 17 heavy (non-hydrogen) atoms. The van der Waals surface area contributed by atoms with Crippen molar-refractivity contribution in [2.75, 3.05) is 19.8 Å². The molecule has 0 saturated carbocycles. The molecule has 3 heteroatoms. The highest BCUT2D eigenvalue weighted by atomic mass is 16.5. The normalized spacial score (nSPS) is 19.1. The highest BCUT2D eigenvalue weighted by Crippen LogP contribution is 2.15. The summed E-state index contributed by atoms with van der Waals surface area (Å²) in [7, 11) is 0. The molecule has 0 aliphatic carbocycles. The fourth-order valence-corrected chi connectivity index (χ4v) is 2.10. The van der Waals surface area contributed by atoms with Crippen molar-refractivity contribution in [1.29, 1.82) is 5.26 Å². The van der Waals surface area contributed by atoms with E-state index >= 15 is 0 Å². The Morgan fingerprint density at radius 2 is 2.41 bits per heavy atom. The molecule has 0 spiro atoms. The van der Waals surface area contributed by atoms with Crippen molar-refractivity contribution in [1.82, 2.24) is 5.32 Å². The molecule has 1 unspecified atom stereocenters. The fourth-order valence-electron chi connectivity index (χ4n) is 2.10. The second-order valence-electron chi connectivity index (χ2n) is 4.51. The van der Waals surface area contributed by atoms with Crippen molar-refractivity contribution in [2.45, 2.75) is 19.4 Å². The first-order valence-corrected chi connectivity index (χ1v) is 6.16. The molecule has 1 aromatic rings. The van der Waals surface area contributed by atoms with Crippen LogP contribution in [0.25, 0.3) is 0 Å². The maximum Gasteiger partial charge on any atom is 0.0991 e. The van der Waals surface area contributed by atoms with Gasteiger partial charge in [0.25, 0.3) is 0 Å². The quantitative estimate of drug-likeness (QED) is 0.788. The van der Waals surface area contributed by atoms with Crippen molar-refractivity contribution < 1.29 is 4.74 Å². The molecule has 0 radical (unpaired) electrons. The van der Waals surface area contributed by atoms with Crippen molar-refractivity contribution >= 4 is 0 Å². The van der Waals surface area contributed by atoms with Gasteiger partial charge in [-0.3, -0.25) is 0 Å². The number of hydrogen-bond acceptors (Lipinski definition) is 3. The summed E-state index contributed by atoms with van der Waals surface area (Å²) in [4.78, 5) is 0. The molecular formula is C14H18N2O. The molecule has 1 aromatic carbocycles. The van der Waals surface area contributed by atoms with Crippen LogP contribution in [0, 0.1) is 17.2 Å². The summed E-state index contributed by atoms with van der Waals surface area (Å²) < 4.78 is 5.34. The van der Waals surface area contributed by atoms with Crippen LogP contribution in [0.3, 0.4) is 0 Å². The predicted octanol–water partition coefficient (Wildman–Crippen LogP) is 2.07. The zero-order valence-electron chi connectivity index (χ0n) is 9.98. The predicted molar refractivity (Wildman–Crippen MR) is 66.4 cm³/mol. The third-order valence-electron chi connectivity index (χ3n) is 3.14. The standard InChI is InChI=1S/C14H18N2O/c15-9-13-2-1-3-14(8-13)10-16-6-4-12-5-7-17-11-12/h1-3,8,12,16H,4-7,10-11H2. The van der Waals surface area contributed by atoms with E-state index in [1.165, 1.54) is 18.4 Å². The molecule has 1 atom stereocenters. The topological polar surface area (TPSA) is 45.0 Å². The molecule has 0 amide bonds. The summed E-state index contributed by atoms with van der Waals surface area (Å²) in [5.41, 5.74) is 1.90. The van der Waals surface area contributed by atoms with Gasteiger partial charge in [0.05, 0.1) is 11.6 Å². The fraction of sp³-hybridized carbons (Fsp3) is 0.500. The van der Waals surface area contributed by atoms with Crippen molar-refractivity contribution in [3.63, 3.8) is 0 Å². The highest BCUT2D eigenvalue weighted by molar-refractivity contribution is 5.32. The van der Waals surface area contributed by atoms with Crippen LogP contribution in [-0.4, -0.2) is 19.8 Å². The number of benzene rings is 1. The molecular weight excluding hydrogens is 212 g/mol. The van der Waals surface area contributed by atoms with Gasteiger partial charge in [0, 0.05) is 19.8 Å². The third kappa shape index (κ3) is 3.85. The second-order valence-corrected chi connectivity index (χ2v) is 4.51. The summed E-state index contributed by atoms with van der Waals surface area (Å²) in [5, 5.41) is 12.2. The second kappa shape index (κ2) is 6.39. The number of rotatable bonds is 5. The van der Waals surface area contributed by atoms with E-state index in [9.17, 15) is 0 Å². The van der Waals surface area contributed by atoms with Gasteiger partial charge in [-0.1, -0.05) is 12.1 Å². The minimum atomic E-state index is 0.730. The Hall–Kier alpha value is -1.37. The van der Waals surface area contributed by atoms with Gasteiger partial charge in [-0.15, -0.1) is 0 Å². The molecule has 2 rings (SSSR count). The minimum Gasteiger partial charge on any atom is -0.381 e. The largest absolute Gasteiger partial charge is 0.381 e. The lowest BCUT2D eigenvalue weighted by Gasteiger charge is -2.08. The minimum absolute atomic E-state index is 0.730. The summed E-state index contributed by atoms with van der Waals surface area (Å²) in [6.07, 6.45) is 2.38. The van der Waals surface area contributed by atoms with Gasteiger partial charge in [-0.05, 0) is 43.0 Å². The van der Waals surface area contributed by atoms with Gasteiger partial charge in [-0.25, -0.2) is 0 Å². The smallest absolute Gasteiger partial charge is 0.0991 e. The number of nitriles is 1. The van der Waals surface area contributed by atoms with E-state index in [0.717, 1.165) is 37.8 Å². The number of ether oxygens (including phenoxy) is 1. The van der Waals surface area contributed by atoms with Crippen LogP contribution in [0.15, 0.2) is 24.3 Å². The molecule has 1 saturated heterocycles. The maximum absolute atomic E-state index is 8.79. The maximum atomic E-state index is 8.79. The van der Waals surface area contributed by atoms with Crippen LogP contribution in [0.4, 0.5) is 0 Å². The van der Waals surface area contributed by atoms with E-state index < -0.39 is 0 Å². The van der Waals surface area contributed by atoms with Crippen LogP contribution < -0.4 is 5.32 Å². The Morgan fingerprint density at radius 3 is 3.18 bits per heavy atom. The number of nitrogens with zero attached hydrogens (tertiary/aromatic N) is 1. The Labute approximate surface area is 102 Å². The molecule has 1 heterocycles. The van der Waals surface area contributed by atoms with E-state index in [-0.39, 0.29) is 0 Å². The molecule has 1 aliphatic heterocycles. The third-order valence-corrected chi connectivity index (χ3v) is 3.14. The molecule has 0 aromatic heterocycles. The Bertz CT molecular complexity index is 391. The van der Waals surface area contributed by atoms with Crippen LogP contribution in [0.2, 0.25) is 0 Å². The van der Waals surface area contributed by atoms with Crippen LogP contribution in [-0.2, 0) is 11.3 Å². The van der Waals surface area contributed by atoms with Gasteiger partial charge >= 0.3 is 0 Å². The zero-order chi connectivity index (χ0) is 11.9. The highest BCUT2D eigenvalue weighted by Gasteiger charge is 2.14. The molecule has 1 aliphatic rings. The zero-order valence-corrected chi connectivity index (χ0v) is 9.98. The van der Waals surface area contributed by atoms with Crippen molar-refractivity contribution in [3.05, 3.63) is 35.4 Å². The van der Waals surface area contributed by atoms with Gasteiger partial charge in [0.1, 0.15) is 0 Å². The first-order valence-electron chi connectivity index (χ1n) is 6.16. The average molecular weight is 230 g/mol. The Balaban J connectivity index is 1.68. The van der Waals surface area contributed by atoms with E-state index in [1.807, 2.05) is 24.3 Å². The summed E-state index contributed by atoms with van der Waals surface area (Å²) in [5.74, 6) is 0.730. The molecule has 1 N–H and O–H groups in total. The summed E-state index contributed by atoms with van der Waals surface area (Å²) in [6, 6.07) is 9.91. The van der Waals surface area contributed by atoms with E-state index in [1.54, 1.807) is 0 Å². The SMILES string of the molecule is N#Cc1cccc(CNCCC2CCOC2)c1. The van der Waals surface area contributed by atoms with E-state index in [2.05, 4.69) is 11.4 Å².